The maximum Gasteiger partial charge on any atom is 0.409 e. The number of hydrogen-bond donors (Lipinski definition) is 2. The minimum Gasteiger partial charge on any atom is -0.497 e. The first-order valence-corrected chi connectivity index (χ1v) is 11.0. The zero-order valence-electron chi connectivity index (χ0n) is 18.6. The molecule has 1 unspecified atom stereocenters. The molecule has 1 aromatic carbocycles. The number of likely N-dealkylation sites (tertiary alicyclic amines) is 2. The van der Waals surface area contributed by atoms with Crippen molar-refractivity contribution in [1.82, 2.24) is 15.1 Å². The van der Waals surface area contributed by atoms with Gasteiger partial charge >= 0.3 is 6.09 Å². The van der Waals surface area contributed by atoms with Crippen molar-refractivity contribution in [2.45, 2.75) is 44.7 Å². The fourth-order valence-electron chi connectivity index (χ4n) is 4.17. The molecule has 2 aliphatic rings. The first-order valence-electron chi connectivity index (χ1n) is 11.0. The van der Waals surface area contributed by atoms with E-state index in [0.29, 0.717) is 32.2 Å². The van der Waals surface area contributed by atoms with Crippen molar-refractivity contribution in [2.24, 2.45) is 10.7 Å². The second kappa shape index (κ2) is 12.9. The summed E-state index contributed by atoms with van der Waals surface area (Å²) in [6.45, 7) is 6.37. The van der Waals surface area contributed by atoms with E-state index in [0.717, 1.165) is 31.7 Å². The van der Waals surface area contributed by atoms with Crippen molar-refractivity contribution in [1.29, 1.82) is 0 Å². The highest BCUT2D eigenvalue weighted by Gasteiger charge is 2.25. The minimum atomic E-state index is -0.231. The van der Waals surface area contributed by atoms with Gasteiger partial charge in [0, 0.05) is 19.1 Å². The molecule has 174 valence electrons. The summed E-state index contributed by atoms with van der Waals surface area (Å²) in [4.78, 5) is 20.7. The lowest BCUT2D eigenvalue weighted by Crippen LogP contribution is -2.48. The molecule has 3 N–H and O–H groups in total. The van der Waals surface area contributed by atoms with Crippen LogP contribution in [0.25, 0.3) is 0 Å². The van der Waals surface area contributed by atoms with E-state index in [9.17, 15) is 4.79 Å². The number of methoxy groups -OCH3 is 1. The molecule has 0 aliphatic carbocycles. The average molecular weight is 545 g/mol. The molecule has 0 bridgehead atoms. The number of hydrogen-bond acceptors (Lipinski definition) is 5. The third-order valence-electron chi connectivity index (χ3n) is 5.89. The van der Waals surface area contributed by atoms with Crippen molar-refractivity contribution in [3.8, 4) is 5.75 Å². The van der Waals surface area contributed by atoms with Gasteiger partial charge in [0.05, 0.1) is 26.3 Å². The lowest BCUT2D eigenvalue weighted by molar-refractivity contribution is 0.0963. The standard InChI is InChI=1S/C22H35N5O3.HI/c1-3-30-22(28)27-14-10-18(11-15-27)25-21(23)24-16-20(26-12-4-5-13-26)17-6-8-19(29-2)9-7-17;/h6-9,18,20H,3-5,10-16H2,1-2H3,(H3,23,24,25);1H. The Morgan fingerprint density at radius 3 is 2.42 bits per heavy atom. The minimum absolute atomic E-state index is 0. The Bertz CT molecular complexity index is 702. The molecule has 9 heteroatoms. The van der Waals surface area contributed by atoms with Crippen LogP contribution in [0.4, 0.5) is 4.79 Å². The number of aliphatic imine (C=N–C) groups is 1. The molecule has 0 radical (unpaired) electrons. The van der Waals surface area contributed by atoms with Crippen molar-refractivity contribution in [3.05, 3.63) is 29.8 Å². The van der Waals surface area contributed by atoms with E-state index in [1.165, 1.54) is 18.4 Å². The second-order valence-electron chi connectivity index (χ2n) is 7.86. The average Bonchev–Trinajstić information content (AvgIpc) is 3.29. The number of carbonyl (C=O) groups is 1. The quantitative estimate of drug-likeness (QED) is 0.311. The van der Waals surface area contributed by atoms with Crippen LogP contribution in [0.5, 0.6) is 5.75 Å². The summed E-state index contributed by atoms with van der Waals surface area (Å²) < 4.78 is 10.4. The Morgan fingerprint density at radius 2 is 1.84 bits per heavy atom. The Morgan fingerprint density at radius 1 is 1.19 bits per heavy atom. The lowest BCUT2D eigenvalue weighted by atomic mass is 10.1. The number of nitrogens with two attached hydrogens (primary N) is 1. The van der Waals surface area contributed by atoms with E-state index in [4.69, 9.17) is 15.2 Å². The van der Waals surface area contributed by atoms with Crippen LogP contribution in [0.3, 0.4) is 0 Å². The summed E-state index contributed by atoms with van der Waals surface area (Å²) in [5, 5.41) is 3.34. The van der Waals surface area contributed by atoms with Crippen molar-refractivity contribution >= 4 is 36.0 Å². The summed E-state index contributed by atoms with van der Waals surface area (Å²) in [6, 6.07) is 8.68. The zero-order valence-corrected chi connectivity index (χ0v) is 20.9. The number of amides is 1. The third-order valence-corrected chi connectivity index (χ3v) is 5.89. The lowest BCUT2D eigenvalue weighted by Gasteiger charge is -2.32. The summed E-state index contributed by atoms with van der Waals surface area (Å²) >= 11 is 0. The van der Waals surface area contributed by atoms with E-state index in [2.05, 4.69) is 27.3 Å². The smallest absolute Gasteiger partial charge is 0.409 e. The highest BCUT2D eigenvalue weighted by atomic mass is 127. The molecule has 1 atom stereocenters. The normalized spacial score (nSPS) is 18.9. The van der Waals surface area contributed by atoms with Gasteiger partial charge in [0.1, 0.15) is 5.75 Å². The zero-order chi connectivity index (χ0) is 21.3. The van der Waals surface area contributed by atoms with Crippen LogP contribution in [0.1, 0.15) is 44.2 Å². The first kappa shape index (κ1) is 25.5. The number of rotatable bonds is 7. The molecule has 3 rings (SSSR count). The van der Waals surface area contributed by atoms with Gasteiger partial charge in [-0.25, -0.2) is 4.79 Å². The van der Waals surface area contributed by atoms with Crippen LogP contribution in [0.15, 0.2) is 29.3 Å². The molecule has 0 spiro atoms. The van der Waals surface area contributed by atoms with Gasteiger partial charge in [-0.05, 0) is 63.4 Å². The maximum absolute atomic E-state index is 11.8. The van der Waals surface area contributed by atoms with Gasteiger partial charge in [0.15, 0.2) is 5.96 Å². The molecule has 1 amide bonds. The van der Waals surface area contributed by atoms with E-state index >= 15 is 0 Å². The van der Waals surface area contributed by atoms with Crippen LogP contribution in [0.2, 0.25) is 0 Å². The number of ether oxygens (including phenoxy) is 2. The van der Waals surface area contributed by atoms with Crippen molar-refractivity contribution in [3.63, 3.8) is 0 Å². The van der Waals surface area contributed by atoms with Crippen LogP contribution in [-0.2, 0) is 4.74 Å². The third kappa shape index (κ3) is 7.41. The molecule has 0 saturated carbocycles. The summed E-state index contributed by atoms with van der Waals surface area (Å²) in [5.74, 6) is 1.33. The topological polar surface area (TPSA) is 92.4 Å². The fourth-order valence-corrected chi connectivity index (χ4v) is 4.17. The molecule has 0 aromatic heterocycles. The Balaban J connectivity index is 0.00000341. The second-order valence-corrected chi connectivity index (χ2v) is 7.86. The molecule has 8 nitrogen and oxygen atoms in total. The summed E-state index contributed by atoms with van der Waals surface area (Å²) in [6.07, 6.45) is 3.89. The maximum atomic E-state index is 11.8. The van der Waals surface area contributed by atoms with Gasteiger partial charge in [-0.15, -0.1) is 24.0 Å². The summed E-state index contributed by atoms with van der Waals surface area (Å²) in [7, 11) is 1.68. The summed E-state index contributed by atoms with van der Waals surface area (Å²) in [5.41, 5.74) is 7.45. The number of nitrogens with zero attached hydrogens (tertiary/aromatic N) is 3. The first-order chi connectivity index (χ1) is 14.6. The van der Waals surface area contributed by atoms with E-state index in [1.807, 2.05) is 19.1 Å². The molecular formula is C22H36IN5O3. The number of piperidine rings is 1. The van der Waals surface area contributed by atoms with Gasteiger partial charge < -0.3 is 25.4 Å². The Hall–Kier alpha value is -1.75. The molecule has 31 heavy (non-hydrogen) atoms. The molecule has 2 heterocycles. The van der Waals surface area contributed by atoms with E-state index < -0.39 is 0 Å². The van der Waals surface area contributed by atoms with Crippen LogP contribution < -0.4 is 15.8 Å². The number of halogens is 1. The predicted molar refractivity (Wildman–Crippen MR) is 133 cm³/mol. The van der Waals surface area contributed by atoms with E-state index in [1.54, 1.807) is 12.0 Å². The molecule has 2 aliphatic heterocycles. The van der Waals surface area contributed by atoms with Gasteiger partial charge in [-0.1, -0.05) is 12.1 Å². The number of carbonyl (C=O) groups excluding carboxylic acids is 1. The number of nitrogens with one attached hydrogen (secondary N) is 1. The Kier molecular flexibility index (Phi) is 10.7. The fraction of sp³-hybridized carbons (Fsp3) is 0.636. The molecule has 2 fully saturated rings. The van der Waals surface area contributed by atoms with Gasteiger partial charge in [-0.3, -0.25) is 9.89 Å². The monoisotopic (exact) mass is 545 g/mol. The van der Waals surface area contributed by atoms with Crippen molar-refractivity contribution in [2.75, 3.05) is 46.4 Å². The molecular weight excluding hydrogens is 509 g/mol. The highest BCUT2D eigenvalue weighted by molar-refractivity contribution is 14.0. The number of benzene rings is 1. The molecule has 2 saturated heterocycles. The number of guanidine groups is 1. The van der Waals surface area contributed by atoms with Gasteiger partial charge in [-0.2, -0.15) is 0 Å². The van der Waals surface area contributed by atoms with Crippen molar-refractivity contribution < 1.29 is 14.3 Å². The molecule has 1 aromatic rings. The SMILES string of the molecule is CCOC(=O)N1CCC(NC(N)=NCC(c2ccc(OC)cc2)N2CCCC2)CC1.I. The van der Waals surface area contributed by atoms with Crippen LogP contribution in [-0.4, -0.2) is 74.3 Å². The van der Waals surface area contributed by atoms with Gasteiger partial charge in [0.2, 0.25) is 0 Å². The largest absolute Gasteiger partial charge is 0.497 e. The van der Waals surface area contributed by atoms with Gasteiger partial charge in [0.25, 0.3) is 0 Å². The van der Waals surface area contributed by atoms with E-state index in [-0.39, 0.29) is 42.2 Å². The Labute approximate surface area is 202 Å². The predicted octanol–water partition coefficient (Wildman–Crippen LogP) is 2.98. The highest BCUT2D eigenvalue weighted by Crippen LogP contribution is 2.27. The van der Waals surface area contributed by atoms with Crippen LogP contribution in [0, 0.1) is 0 Å². The van der Waals surface area contributed by atoms with Crippen LogP contribution >= 0.6 is 24.0 Å².